The van der Waals surface area contributed by atoms with Crippen molar-refractivity contribution in [2.75, 3.05) is 7.11 Å². The minimum absolute atomic E-state index is 0.116. The second-order valence-corrected chi connectivity index (χ2v) is 10.5. The zero-order valence-electron chi connectivity index (χ0n) is 23.0. The average molecular weight is 655 g/mol. The molecule has 0 bridgehead atoms. The third-order valence-electron chi connectivity index (χ3n) is 7.27. The SMILES string of the molecule is CO[C@](C(=O)N[C@@](Cc1ccccc1)(c1ccc2c(c1)C(F)(F)OC(F)(F)O2)c1ccc(Cl)cn1)(c1ccccc1)C(F)(F)F. The number of methoxy groups -OCH3 is 1. The number of nitrogens with one attached hydrogen (secondary N) is 1. The standard InChI is InChI=1S/C31H22ClF7N2O4/c1-43-28(30(35,36)37,20-10-6-3-7-11-20)26(42)41-27(17-19-8-4-2-5-9-19,25-15-13-22(32)18-40-25)21-12-14-24-23(16-21)29(33,34)45-31(38,39)44-24/h2-16,18H,17H2,1H3,(H,41,42)/t27-,28-/m0/s1. The summed E-state index contributed by atoms with van der Waals surface area (Å²) in [6.07, 6.45) is -13.8. The highest BCUT2D eigenvalue weighted by Gasteiger charge is 2.64. The van der Waals surface area contributed by atoms with Crippen LogP contribution in [0.1, 0.15) is 27.9 Å². The summed E-state index contributed by atoms with van der Waals surface area (Å²) in [5.74, 6) is -2.67. The molecule has 0 fully saturated rings. The molecular formula is C31H22ClF7N2O4. The number of benzene rings is 3. The van der Waals surface area contributed by atoms with Gasteiger partial charge >= 0.3 is 18.6 Å². The van der Waals surface area contributed by atoms with E-state index in [4.69, 9.17) is 16.3 Å². The van der Waals surface area contributed by atoms with Gasteiger partial charge in [0.1, 0.15) is 11.3 Å². The lowest BCUT2D eigenvalue weighted by atomic mass is 9.78. The Labute approximate surface area is 256 Å². The molecule has 0 unspecified atom stereocenters. The molecular weight excluding hydrogens is 633 g/mol. The number of amides is 1. The molecule has 236 valence electrons. The Balaban J connectivity index is 1.79. The van der Waals surface area contributed by atoms with Crippen molar-refractivity contribution in [3.63, 3.8) is 0 Å². The smallest absolute Gasteiger partial charge is 0.409 e. The Kier molecular flexibility index (Phi) is 8.32. The molecule has 2 atom stereocenters. The summed E-state index contributed by atoms with van der Waals surface area (Å²) in [5.41, 5.74) is -7.47. The molecule has 1 amide bonds. The number of rotatable bonds is 8. The number of halogens is 8. The van der Waals surface area contributed by atoms with Crippen molar-refractivity contribution in [1.29, 1.82) is 0 Å². The fourth-order valence-electron chi connectivity index (χ4n) is 5.22. The Morgan fingerprint density at radius 1 is 0.911 bits per heavy atom. The van der Waals surface area contributed by atoms with Crippen molar-refractivity contribution in [2.45, 2.75) is 36.1 Å². The summed E-state index contributed by atoms with van der Waals surface area (Å²) < 4.78 is 115. The number of aromatic nitrogens is 1. The average Bonchev–Trinajstić information content (AvgIpc) is 2.97. The maximum Gasteiger partial charge on any atom is 0.540 e. The Morgan fingerprint density at radius 2 is 1.56 bits per heavy atom. The van der Waals surface area contributed by atoms with Gasteiger partial charge in [-0.3, -0.25) is 9.78 Å². The highest BCUT2D eigenvalue weighted by molar-refractivity contribution is 6.30. The monoisotopic (exact) mass is 654 g/mol. The van der Waals surface area contributed by atoms with Crippen molar-refractivity contribution in [3.8, 4) is 5.75 Å². The van der Waals surface area contributed by atoms with E-state index < -0.39 is 52.5 Å². The summed E-state index contributed by atoms with van der Waals surface area (Å²) in [4.78, 5) is 18.4. The highest BCUT2D eigenvalue weighted by atomic mass is 35.5. The number of ether oxygens (including phenoxy) is 3. The van der Waals surface area contributed by atoms with Crippen LogP contribution >= 0.6 is 11.6 Å². The number of hydrogen-bond acceptors (Lipinski definition) is 5. The van der Waals surface area contributed by atoms with Crippen LogP contribution in [0, 0.1) is 0 Å². The maximum atomic E-state index is 15.0. The van der Waals surface area contributed by atoms with Gasteiger partial charge in [0.2, 0.25) is 0 Å². The van der Waals surface area contributed by atoms with Gasteiger partial charge in [0.25, 0.3) is 11.5 Å². The van der Waals surface area contributed by atoms with Crippen molar-refractivity contribution >= 4 is 17.5 Å². The lowest BCUT2D eigenvalue weighted by molar-refractivity contribution is -0.461. The molecule has 5 rings (SSSR count). The number of carbonyl (C=O) groups excluding carboxylic acids is 1. The number of pyridine rings is 1. The predicted molar refractivity (Wildman–Crippen MR) is 146 cm³/mol. The number of nitrogens with zero attached hydrogens (tertiary/aromatic N) is 1. The van der Waals surface area contributed by atoms with Crippen LogP contribution in [0.15, 0.2) is 97.2 Å². The van der Waals surface area contributed by atoms with E-state index in [9.17, 15) is 35.5 Å². The van der Waals surface area contributed by atoms with E-state index in [2.05, 4.69) is 19.8 Å². The van der Waals surface area contributed by atoms with Crippen LogP contribution in [0.25, 0.3) is 0 Å². The molecule has 3 aromatic carbocycles. The fraction of sp³-hybridized carbons (Fsp3) is 0.226. The van der Waals surface area contributed by atoms with E-state index in [1.165, 1.54) is 30.3 Å². The topological polar surface area (TPSA) is 69.7 Å². The summed E-state index contributed by atoms with van der Waals surface area (Å²) in [5, 5.41) is 2.53. The summed E-state index contributed by atoms with van der Waals surface area (Å²) >= 11 is 6.05. The fourth-order valence-corrected chi connectivity index (χ4v) is 5.33. The van der Waals surface area contributed by atoms with E-state index in [0.717, 1.165) is 30.5 Å². The van der Waals surface area contributed by atoms with Crippen LogP contribution < -0.4 is 10.1 Å². The molecule has 45 heavy (non-hydrogen) atoms. The largest absolute Gasteiger partial charge is 0.540 e. The molecule has 2 heterocycles. The molecule has 4 aromatic rings. The number of fused-ring (bicyclic) bond motifs is 1. The van der Waals surface area contributed by atoms with Crippen LogP contribution in [0.2, 0.25) is 5.02 Å². The first-order chi connectivity index (χ1) is 21.1. The van der Waals surface area contributed by atoms with Crippen molar-refractivity contribution < 1.29 is 49.7 Å². The van der Waals surface area contributed by atoms with Gasteiger partial charge in [-0.15, -0.1) is 8.78 Å². The quantitative estimate of drug-likeness (QED) is 0.200. The van der Waals surface area contributed by atoms with E-state index in [0.29, 0.717) is 18.7 Å². The molecule has 1 aromatic heterocycles. The second-order valence-electron chi connectivity index (χ2n) is 10.0. The molecule has 0 aliphatic carbocycles. The third-order valence-corrected chi connectivity index (χ3v) is 7.49. The normalized spacial score (nSPS) is 18.1. The molecule has 1 N–H and O–H groups in total. The Bertz CT molecular complexity index is 1680. The van der Waals surface area contributed by atoms with Gasteiger partial charge in [0.15, 0.2) is 0 Å². The van der Waals surface area contributed by atoms with Crippen LogP contribution in [-0.4, -0.2) is 30.5 Å². The first kappa shape index (κ1) is 32.2. The maximum absolute atomic E-state index is 15.0. The predicted octanol–water partition coefficient (Wildman–Crippen LogP) is 7.45. The molecule has 0 saturated carbocycles. The van der Waals surface area contributed by atoms with Gasteiger partial charge < -0.3 is 14.8 Å². The Morgan fingerprint density at radius 3 is 2.13 bits per heavy atom. The minimum atomic E-state index is -5.34. The zero-order valence-corrected chi connectivity index (χ0v) is 23.8. The molecule has 6 nitrogen and oxygen atoms in total. The van der Waals surface area contributed by atoms with Crippen LogP contribution in [0.4, 0.5) is 30.7 Å². The van der Waals surface area contributed by atoms with Crippen LogP contribution in [-0.2, 0) is 37.9 Å². The molecule has 1 aliphatic rings. The van der Waals surface area contributed by atoms with Gasteiger partial charge in [0, 0.05) is 25.3 Å². The van der Waals surface area contributed by atoms with E-state index >= 15 is 0 Å². The Hall–Kier alpha value is -4.20. The third kappa shape index (κ3) is 5.95. The number of carbonyl (C=O) groups is 1. The van der Waals surface area contributed by atoms with E-state index in [1.807, 2.05) is 0 Å². The highest BCUT2D eigenvalue weighted by Crippen LogP contribution is 2.49. The minimum Gasteiger partial charge on any atom is -0.409 e. The van der Waals surface area contributed by atoms with Crippen molar-refractivity contribution in [1.82, 2.24) is 10.3 Å². The molecule has 0 radical (unpaired) electrons. The zero-order chi connectivity index (χ0) is 32.7. The van der Waals surface area contributed by atoms with E-state index in [-0.39, 0.29) is 22.7 Å². The summed E-state index contributed by atoms with van der Waals surface area (Å²) in [6.45, 7) is 0. The van der Waals surface area contributed by atoms with Gasteiger partial charge in [-0.2, -0.15) is 22.0 Å². The van der Waals surface area contributed by atoms with Gasteiger partial charge in [-0.1, -0.05) is 78.3 Å². The van der Waals surface area contributed by atoms with E-state index in [1.54, 1.807) is 30.3 Å². The van der Waals surface area contributed by atoms with Gasteiger partial charge in [-0.25, -0.2) is 4.74 Å². The van der Waals surface area contributed by atoms with Gasteiger partial charge in [0.05, 0.1) is 16.3 Å². The second kappa shape index (κ2) is 11.6. The van der Waals surface area contributed by atoms with Crippen molar-refractivity contribution in [2.24, 2.45) is 0 Å². The summed E-state index contributed by atoms with van der Waals surface area (Å²) in [7, 11) is 0.702. The first-order valence-electron chi connectivity index (χ1n) is 13.1. The summed E-state index contributed by atoms with van der Waals surface area (Å²) in [6, 6.07) is 19.3. The van der Waals surface area contributed by atoms with Crippen molar-refractivity contribution in [3.05, 3.63) is 130 Å². The van der Waals surface area contributed by atoms with Gasteiger partial charge in [-0.05, 0) is 35.4 Å². The molecule has 14 heteroatoms. The molecule has 0 saturated heterocycles. The lowest BCUT2D eigenvalue weighted by Crippen LogP contribution is -2.61. The lowest BCUT2D eigenvalue weighted by Gasteiger charge is -2.41. The first-order valence-corrected chi connectivity index (χ1v) is 13.5. The number of alkyl halides is 7. The molecule has 0 spiro atoms. The molecule has 1 aliphatic heterocycles. The number of hydrogen-bond donors (Lipinski definition) is 1. The van der Waals surface area contributed by atoms with Crippen LogP contribution in [0.5, 0.6) is 5.75 Å². The van der Waals surface area contributed by atoms with Crippen LogP contribution in [0.3, 0.4) is 0 Å².